The van der Waals surface area contributed by atoms with Crippen LogP contribution < -0.4 is 20.7 Å². The Balaban J connectivity index is 1.23. The van der Waals surface area contributed by atoms with Crippen molar-refractivity contribution in [1.29, 1.82) is 0 Å². The second-order valence-corrected chi connectivity index (χ2v) is 13.3. The van der Waals surface area contributed by atoms with E-state index in [2.05, 4.69) is 186 Å². The van der Waals surface area contributed by atoms with Gasteiger partial charge in [0.2, 0.25) is 0 Å². The van der Waals surface area contributed by atoms with E-state index in [1.807, 2.05) is 18.2 Å². The Morgan fingerprint density at radius 1 is 0.519 bits per heavy atom. The van der Waals surface area contributed by atoms with Gasteiger partial charge >= 0.3 is 0 Å². The Morgan fingerprint density at radius 2 is 1.12 bits per heavy atom. The molecule has 0 radical (unpaired) electrons. The molecule has 0 fully saturated rings. The number of para-hydroxylation sites is 5. The third-order valence-electron chi connectivity index (χ3n) is 10.5. The summed E-state index contributed by atoms with van der Waals surface area (Å²) < 4.78 is 6.45. The highest BCUT2D eigenvalue weighted by Crippen LogP contribution is 2.46. The van der Waals surface area contributed by atoms with Gasteiger partial charge in [0.05, 0.1) is 0 Å². The maximum Gasteiger partial charge on any atom is 0.252 e. The van der Waals surface area contributed by atoms with Gasteiger partial charge in [-0.05, 0) is 82.1 Å². The van der Waals surface area contributed by atoms with Crippen LogP contribution >= 0.6 is 0 Å². The molecule has 7 aromatic carbocycles. The average Bonchev–Trinajstić information content (AvgIpc) is 3.60. The summed E-state index contributed by atoms with van der Waals surface area (Å²) in [7, 11) is 0. The van der Waals surface area contributed by atoms with Crippen LogP contribution in [0.2, 0.25) is 0 Å². The molecule has 10 rings (SSSR count). The highest BCUT2D eigenvalue weighted by molar-refractivity contribution is 7.03. The summed E-state index contributed by atoms with van der Waals surface area (Å²) in [6.45, 7) is 4.05. The van der Waals surface area contributed by atoms with Crippen LogP contribution in [0.5, 0.6) is 0 Å². The summed E-state index contributed by atoms with van der Waals surface area (Å²) in [6, 6.07) is 60.8. The van der Waals surface area contributed by atoms with E-state index in [1.165, 1.54) is 39.0 Å². The van der Waals surface area contributed by atoms with Crippen LogP contribution in [-0.4, -0.2) is 6.71 Å². The van der Waals surface area contributed by atoms with Gasteiger partial charge in [-0.3, -0.25) is 0 Å². The summed E-state index contributed by atoms with van der Waals surface area (Å²) in [5, 5.41) is 2.27. The van der Waals surface area contributed by atoms with Crippen LogP contribution in [0, 0.1) is 0 Å². The van der Waals surface area contributed by atoms with E-state index >= 15 is 0 Å². The zero-order valence-electron chi connectivity index (χ0n) is 28.5. The zero-order chi connectivity index (χ0) is 34.6. The Hall–Kier alpha value is -6.78. The number of allylic oxidation sites excluding steroid dienone is 3. The first-order chi connectivity index (χ1) is 25.8. The van der Waals surface area contributed by atoms with Crippen molar-refractivity contribution in [3.8, 4) is 11.1 Å². The van der Waals surface area contributed by atoms with E-state index in [0.717, 1.165) is 50.1 Å². The molecule has 2 aliphatic heterocycles. The van der Waals surface area contributed by atoms with Crippen LogP contribution in [0.1, 0.15) is 5.56 Å². The monoisotopic (exact) mass is 664 g/mol. The van der Waals surface area contributed by atoms with Gasteiger partial charge in [-0.15, -0.1) is 0 Å². The van der Waals surface area contributed by atoms with Gasteiger partial charge in [0.1, 0.15) is 11.2 Å². The first kappa shape index (κ1) is 30.1. The summed E-state index contributed by atoms with van der Waals surface area (Å²) in [6.07, 6.45) is 6.14. The third-order valence-corrected chi connectivity index (χ3v) is 10.5. The number of hydrogen-bond acceptors (Lipinski definition) is 3. The normalized spacial score (nSPS) is 13.6. The van der Waals surface area contributed by atoms with E-state index in [0.29, 0.717) is 0 Å². The Labute approximate surface area is 303 Å². The lowest BCUT2D eigenvalue weighted by Gasteiger charge is -2.44. The second kappa shape index (κ2) is 12.2. The first-order valence-corrected chi connectivity index (χ1v) is 17.8. The minimum atomic E-state index is -0.0172. The van der Waals surface area contributed by atoms with Crippen molar-refractivity contribution in [2.24, 2.45) is 0 Å². The van der Waals surface area contributed by atoms with E-state index in [4.69, 9.17) is 4.42 Å². The number of anilines is 5. The van der Waals surface area contributed by atoms with Crippen LogP contribution in [0.4, 0.5) is 28.4 Å². The Kier molecular flexibility index (Phi) is 7.07. The topological polar surface area (TPSA) is 19.6 Å². The second-order valence-electron chi connectivity index (χ2n) is 13.3. The standard InChI is InChI=1S/C48H33BN2O/c1-2-3-24-42-46(34-31-29-33(30-32-34)37-21-14-22-39-38-20-10-13-28-45(38)52-48(37)39)49-40-23-11-12-25-41(40)50(35-16-6-4-7-17-35)43-26-15-27-44(47(43)49)51(42)36-18-8-5-9-19-36/h2-32H,1H2/b24-3-. The van der Waals surface area contributed by atoms with E-state index in [-0.39, 0.29) is 6.71 Å². The minimum absolute atomic E-state index is 0.0172. The molecule has 0 N–H and O–H groups in total. The predicted octanol–water partition coefficient (Wildman–Crippen LogP) is 11.5. The highest BCUT2D eigenvalue weighted by Gasteiger charge is 2.44. The number of furan rings is 1. The van der Waals surface area contributed by atoms with Crippen molar-refractivity contribution in [1.82, 2.24) is 0 Å². The molecule has 0 atom stereocenters. The molecule has 0 saturated heterocycles. The van der Waals surface area contributed by atoms with Gasteiger partial charge < -0.3 is 14.2 Å². The minimum Gasteiger partial charge on any atom is -0.455 e. The van der Waals surface area contributed by atoms with Gasteiger partial charge in [0.15, 0.2) is 0 Å². The Bertz CT molecular complexity index is 2710. The first-order valence-electron chi connectivity index (χ1n) is 17.8. The fourth-order valence-corrected chi connectivity index (χ4v) is 8.30. The largest absolute Gasteiger partial charge is 0.455 e. The molecule has 244 valence electrons. The summed E-state index contributed by atoms with van der Waals surface area (Å²) in [4.78, 5) is 4.85. The number of hydrogen-bond donors (Lipinski definition) is 0. The summed E-state index contributed by atoms with van der Waals surface area (Å²) in [5.74, 6) is 0. The molecule has 0 unspecified atom stereocenters. The van der Waals surface area contributed by atoms with Gasteiger partial charge in [-0.1, -0.05) is 140 Å². The van der Waals surface area contributed by atoms with Crippen molar-refractivity contribution in [3.05, 3.63) is 206 Å². The Morgan fingerprint density at radius 3 is 1.88 bits per heavy atom. The maximum absolute atomic E-state index is 6.45. The SMILES string of the molecule is C=C/C=C\C1=C(c2ccc(-c3cccc4c3oc3ccccc34)cc2)B2c3ccccc3N(c3ccccc3)c3cccc(c32)N1c1ccccc1. The zero-order valence-corrected chi connectivity index (χ0v) is 28.5. The molecule has 0 saturated carbocycles. The van der Waals surface area contributed by atoms with Crippen molar-refractivity contribution in [2.75, 3.05) is 9.80 Å². The van der Waals surface area contributed by atoms with Crippen LogP contribution in [0.15, 0.2) is 205 Å². The predicted molar refractivity (Wildman–Crippen MR) is 220 cm³/mol. The maximum atomic E-state index is 6.45. The lowest BCUT2D eigenvalue weighted by Crippen LogP contribution is -2.55. The van der Waals surface area contributed by atoms with E-state index in [9.17, 15) is 0 Å². The molecule has 1 aromatic heterocycles. The van der Waals surface area contributed by atoms with Crippen LogP contribution in [0.3, 0.4) is 0 Å². The summed E-state index contributed by atoms with van der Waals surface area (Å²) in [5.41, 5.74) is 15.9. The quantitative estimate of drug-likeness (QED) is 0.130. The molecule has 0 amide bonds. The number of benzene rings is 7. The number of fused-ring (bicyclic) bond motifs is 5. The molecular formula is C48H33BN2O. The lowest BCUT2D eigenvalue weighted by atomic mass is 9.32. The molecule has 0 bridgehead atoms. The van der Waals surface area contributed by atoms with Crippen molar-refractivity contribution in [3.63, 3.8) is 0 Å². The molecule has 4 heteroatoms. The molecule has 3 heterocycles. The van der Waals surface area contributed by atoms with Gasteiger partial charge in [-0.2, -0.15) is 0 Å². The van der Waals surface area contributed by atoms with Crippen LogP contribution in [0.25, 0.3) is 38.5 Å². The molecule has 0 aliphatic carbocycles. The molecule has 52 heavy (non-hydrogen) atoms. The summed E-state index contributed by atoms with van der Waals surface area (Å²) >= 11 is 0. The van der Waals surface area contributed by atoms with E-state index < -0.39 is 0 Å². The molecular weight excluding hydrogens is 631 g/mol. The van der Waals surface area contributed by atoms with Crippen molar-refractivity contribution >= 4 is 73.5 Å². The van der Waals surface area contributed by atoms with Gasteiger partial charge in [-0.25, -0.2) is 0 Å². The fourth-order valence-electron chi connectivity index (χ4n) is 8.30. The molecule has 8 aromatic rings. The molecule has 2 aliphatic rings. The van der Waals surface area contributed by atoms with Gasteiger partial charge in [0, 0.05) is 50.5 Å². The number of rotatable bonds is 6. The fraction of sp³-hybridized carbons (Fsp3) is 0. The van der Waals surface area contributed by atoms with E-state index in [1.54, 1.807) is 0 Å². The third kappa shape index (κ3) is 4.62. The van der Waals surface area contributed by atoms with Crippen LogP contribution in [-0.2, 0) is 0 Å². The van der Waals surface area contributed by atoms with Crippen molar-refractivity contribution in [2.45, 2.75) is 0 Å². The number of nitrogens with zero attached hydrogens (tertiary/aromatic N) is 2. The molecule has 0 spiro atoms. The highest BCUT2D eigenvalue weighted by atomic mass is 16.3. The van der Waals surface area contributed by atoms with Gasteiger partial charge in [0.25, 0.3) is 6.71 Å². The van der Waals surface area contributed by atoms with Crippen molar-refractivity contribution < 1.29 is 4.42 Å². The smallest absolute Gasteiger partial charge is 0.252 e. The average molecular weight is 665 g/mol. The lowest BCUT2D eigenvalue weighted by molar-refractivity contribution is 0.670. The molecule has 3 nitrogen and oxygen atoms in total.